The van der Waals surface area contributed by atoms with Gasteiger partial charge in [0, 0.05) is 17.6 Å². The van der Waals surface area contributed by atoms with Crippen LogP contribution in [0.25, 0.3) is 0 Å². The Labute approximate surface area is 121 Å². The summed E-state index contributed by atoms with van der Waals surface area (Å²) in [7, 11) is 0. The van der Waals surface area contributed by atoms with Crippen LogP contribution in [0.1, 0.15) is 31.9 Å². The lowest BCUT2D eigenvalue weighted by Gasteiger charge is -2.15. The molecule has 0 atom stereocenters. The first kappa shape index (κ1) is 16.1. The first-order valence-electron chi connectivity index (χ1n) is 6.72. The summed E-state index contributed by atoms with van der Waals surface area (Å²) in [5, 5.41) is 3.45. The van der Waals surface area contributed by atoms with Crippen molar-refractivity contribution in [3.05, 3.63) is 40.4 Å². The smallest absolute Gasteiger partial charge is 0.127 e. The van der Waals surface area contributed by atoms with Gasteiger partial charge in [0.15, 0.2) is 0 Å². The van der Waals surface area contributed by atoms with Crippen LogP contribution in [-0.2, 0) is 6.54 Å². The molecule has 19 heavy (non-hydrogen) atoms. The van der Waals surface area contributed by atoms with Gasteiger partial charge in [-0.2, -0.15) is 0 Å². The van der Waals surface area contributed by atoms with Crippen molar-refractivity contribution in [2.45, 2.75) is 34.2 Å². The number of aryl methyl sites for hydroxylation is 1. The molecule has 106 valence electrons. The summed E-state index contributed by atoms with van der Waals surface area (Å²) in [5.41, 5.74) is 4.94. The second-order valence-corrected chi connectivity index (χ2v) is 5.55. The van der Waals surface area contributed by atoms with E-state index in [0.717, 1.165) is 30.0 Å². The molecule has 0 fully saturated rings. The van der Waals surface area contributed by atoms with Gasteiger partial charge in [-0.25, -0.2) is 0 Å². The lowest BCUT2D eigenvalue weighted by Crippen LogP contribution is -2.19. The van der Waals surface area contributed by atoms with Crippen molar-refractivity contribution in [2.24, 2.45) is 5.92 Å². The number of hydrogen-bond acceptors (Lipinski definition) is 2. The minimum absolute atomic E-state index is 0.533. The van der Waals surface area contributed by atoms with Gasteiger partial charge in [-0.05, 0) is 37.4 Å². The Morgan fingerprint density at radius 3 is 2.79 bits per heavy atom. The summed E-state index contributed by atoms with van der Waals surface area (Å²) >= 11 is 5.66. The predicted molar refractivity (Wildman–Crippen MR) is 82.8 cm³/mol. The molecule has 0 aliphatic heterocycles. The molecule has 0 saturated carbocycles. The van der Waals surface area contributed by atoms with Crippen LogP contribution < -0.4 is 10.1 Å². The molecule has 0 heterocycles. The number of benzene rings is 1. The van der Waals surface area contributed by atoms with Gasteiger partial charge < -0.3 is 10.1 Å². The molecule has 1 aromatic rings. The van der Waals surface area contributed by atoms with Crippen molar-refractivity contribution in [2.75, 3.05) is 13.2 Å². The Morgan fingerprint density at radius 1 is 1.42 bits per heavy atom. The van der Waals surface area contributed by atoms with E-state index in [1.807, 2.05) is 6.92 Å². The Morgan fingerprint density at radius 2 is 2.16 bits per heavy atom. The molecule has 2 nitrogen and oxygen atoms in total. The summed E-state index contributed by atoms with van der Waals surface area (Å²) in [6.07, 6.45) is 0. The maximum atomic E-state index is 5.89. The van der Waals surface area contributed by atoms with Gasteiger partial charge in [0.2, 0.25) is 0 Å². The monoisotopic (exact) mass is 281 g/mol. The fourth-order valence-corrected chi connectivity index (χ4v) is 1.83. The van der Waals surface area contributed by atoms with Crippen LogP contribution in [0.2, 0.25) is 0 Å². The van der Waals surface area contributed by atoms with E-state index in [0.29, 0.717) is 12.5 Å². The van der Waals surface area contributed by atoms with Gasteiger partial charge in [0.05, 0.1) is 0 Å². The number of nitrogens with one attached hydrogen (secondary N) is 1. The third-order valence-electron chi connectivity index (χ3n) is 2.79. The maximum absolute atomic E-state index is 5.89. The Balaban J connectivity index is 2.71. The number of halogens is 1. The van der Waals surface area contributed by atoms with Gasteiger partial charge in [-0.15, -0.1) is 0 Å². The zero-order chi connectivity index (χ0) is 14.3. The predicted octanol–water partition coefficient (Wildman–Crippen LogP) is 4.26. The van der Waals surface area contributed by atoms with Crippen LogP contribution in [0, 0.1) is 12.8 Å². The van der Waals surface area contributed by atoms with Crippen LogP contribution in [-0.4, -0.2) is 13.2 Å². The second kappa shape index (κ2) is 8.23. The number of hydrogen-bond donors (Lipinski definition) is 1. The van der Waals surface area contributed by atoms with Crippen LogP contribution >= 0.6 is 11.6 Å². The fraction of sp³-hybridized carbons (Fsp3) is 0.500. The van der Waals surface area contributed by atoms with E-state index in [4.69, 9.17) is 16.3 Å². The average molecular weight is 282 g/mol. The van der Waals surface area contributed by atoms with E-state index < -0.39 is 0 Å². The largest absolute Gasteiger partial charge is 0.489 e. The molecule has 1 N–H and O–H groups in total. The summed E-state index contributed by atoms with van der Waals surface area (Å²) < 4.78 is 5.89. The highest BCUT2D eigenvalue weighted by Crippen LogP contribution is 2.24. The Bertz CT molecular complexity index is 427. The quantitative estimate of drug-likeness (QED) is 0.806. The molecule has 1 rings (SSSR count). The molecule has 0 spiro atoms. The number of rotatable bonds is 7. The SMILES string of the molecule is C/C(=C\Cl)COc1c(C)cccc1CNCC(C)C. The first-order valence-corrected chi connectivity index (χ1v) is 7.16. The van der Waals surface area contributed by atoms with Crippen LogP contribution in [0.3, 0.4) is 0 Å². The van der Waals surface area contributed by atoms with Gasteiger partial charge in [-0.1, -0.05) is 43.6 Å². The minimum atomic E-state index is 0.533. The molecule has 0 amide bonds. The van der Waals surface area contributed by atoms with Crippen LogP contribution in [0.5, 0.6) is 5.75 Å². The topological polar surface area (TPSA) is 21.3 Å². The third kappa shape index (κ3) is 5.66. The van der Waals surface area contributed by atoms with E-state index in [1.54, 1.807) is 5.54 Å². The zero-order valence-corrected chi connectivity index (χ0v) is 13.1. The summed E-state index contributed by atoms with van der Waals surface area (Å²) in [6.45, 7) is 10.8. The molecular weight excluding hydrogens is 258 g/mol. The van der Waals surface area contributed by atoms with Crippen molar-refractivity contribution in [1.29, 1.82) is 0 Å². The standard InChI is InChI=1S/C16H24ClNO/c1-12(2)9-18-10-15-7-5-6-14(4)16(15)19-11-13(3)8-17/h5-8,12,18H,9-11H2,1-4H3/b13-8+. The Hall–Kier alpha value is -0.990. The molecule has 1 aromatic carbocycles. The third-order valence-corrected chi connectivity index (χ3v) is 3.16. The second-order valence-electron chi connectivity index (χ2n) is 5.33. The molecular formula is C16H24ClNO. The Kier molecular flexibility index (Phi) is 6.96. The summed E-state index contributed by atoms with van der Waals surface area (Å²) in [4.78, 5) is 0. The maximum Gasteiger partial charge on any atom is 0.127 e. The molecule has 0 radical (unpaired) electrons. The van der Waals surface area contributed by atoms with Crippen molar-refractivity contribution in [1.82, 2.24) is 5.32 Å². The molecule has 3 heteroatoms. The van der Waals surface area contributed by atoms with Gasteiger partial charge in [0.1, 0.15) is 12.4 Å². The molecule has 0 unspecified atom stereocenters. The van der Waals surface area contributed by atoms with Gasteiger partial charge >= 0.3 is 0 Å². The van der Waals surface area contributed by atoms with E-state index >= 15 is 0 Å². The molecule has 0 bridgehead atoms. The zero-order valence-electron chi connectivity index (χ0n) is 12.3. The molecule has 0 saturated heterocycles. The van der Waals surface area contributed by atoms with Gasteiger partial charge in [0.25, 0.3) is 0 Å². The van der Waals surface area contributed by atoms with Crippen molar-refractivity contribution >= 4 is 11.6 Å². The van der Waals surface area contributed by atoms with Crippen molar-refractivity contribution in [3.63, 3.8) is 0 Å². The van der Waals surface area contributed by atoms with Crippen LogP contribution in [0.15, 0.2) is 29.3 Å². The highest BCUT2D eigenvalue weighted by Gasteiger charge is 2.07. The van der Waals surface area contributed by atoms with E-state index in [9.17, 15) is 0 Å². The van der Waals surface area contributed by atoms with Crippen molar-refractivity contribution < 1.29 is 4.74 Å². The van der Waals surface area contributed by atoms with E-state index in [-0.39, 0.29) is 0 Å². The summed E-state index contributed by atoms with van der Waals surface area (Å²) in [6, 6.07) is 6.25. The highest BCUT2D eigenvalue weighted by molar-refractivity contribution is 6.25. The number of ether oxygens (including phenoxy) is 1. The van der Waals surface area contributed by atoms with Gasteiger partial charge in [-0.3, -0.25) is 0 Å². The lowest BCUT2D eigenvalue weighted by molar-refractivity contribution is 0.344. The normalized spacial score (nSPS) is 12.0. The van der Waals surface area contributed by atoms with E-state index in [2.05, 4.69) is 44.3 Å². The highest BCUT2D eigenvalue weighted by atomic mass is 35.5. The summed E-state index contributed by atoms with van der Waals surface area (Å²) in [5.74, 6) is 1.62. The lowest BCUT2D eigenvalue weighted by atomic mass is 10.1. The average Bonchev–Trinajstić information content (AvgIpc) is 2.37. The molecule has 0 aromatic heterocycles. The first-order chi connectivity index (χ1) is 9.04. The van der Waals surface area contributed by atoms with Crippen molar-refractivity contribution in [3.8, 4) is 5.75 Å². The number of para-hydroxylation sites is 1. The molecule has 0 aliphatic rings. The molecule has 0 aliphatic carbocycles. The van der Waals surface area contributed by atoms with Crippen LogP contribution in [0.4, 0.5) is 0 Å². The van der Waals surface area contributed by atoms with E-state index in [1.165, 1.54) is 5.56 Å². The minimum Gasteiger partial charge on any atom is -0.489 e. The fourth-order valence-electron chi connectivity index (χ4n) is 1.77.